The first kappa shape index (κ1) is 13.8. The van der Waals surface area contributed by atoms with Crippen LogP contribution in [-0.2, 0) is 6.42 Å². The zero-order valence-electron chi connectivity index (χ0n) is 12.0. The number of pyridine rings is 1. The smallest absolute Gasteiger partial charge is 0.0323 e. The third-order valence-electron chi connectivity index (χ3n) is 3.60. The fourth-order valence-electron chi connectivity index (χ4n) is 2.45. The molecule has 0 saturated carbocycles. The molecule has 0 aliphatic heterocycles. The Kier molecular flexibility index (Phi) is 4.69. The van der Waals surface area contributed by atoms with Crippen molar-refractivity contribution in [3.63, 3.8) is 0 Å². The number of aryl methyl sites for hydroxylation is 3. The molecule has 1 unspecified atom stereocenters. The first-order chi connectivity index (χ1) is 9.20. The van der Waals surface area contributed by atoms with Crippen LogP contribution in [0, 0.1) is 13.8 Å². The van der Waals surface area contributed by atoms with E-state index in [0.29, 0.717) is 6.04 Å². The third kappa shape index (κ3) is 3.65. The number of aromatic nitrogens is 1. The average molecular weight is 254 g/mol. The molecule has 0 bridgehead atoms. The van der Waals surface area contributed by atoms with Crippen LogP contribution in [0.15, 0.2) is 42.7 Å². The van der Waals surface area contributed by atoms with Crippen molar-refractivity contribution in [3.8, 4) is 0 Å². The van der Waals surface area contributed by atoms with Crippen LogP contribution in [-0.4, -0.2) is 12.0 Å². The molecule has 1 aromatic heterocycles. The highest BCUT2D eigenvalue weighted by atomic mass is 14.9. The van der Waals surface area contributed by atoms with Gasteiger partial charge in [-0.1, -0.05) is 29.8 Å². The Labute approximate surface area is 115 Å². The van der Waals surface area contributed by atoms with Gasteiger partial charge in [-0.2, -0.15) is 0 Å². The van der Waals surface area contributed by atoms with Crippen molar-refractivity contribution in [2.45, 2.75) is 32.7 Å². The number of rotatable bonds is 5. The minimum Gasteiger partial charge on any atom is -0.313 e. The Morgan fingerprint density at radius 2 is 2.05 bits per heavy atom. The largest absolute Gasteiger partial charge is 0.313 e. The summed E-state index contributed by atoms with van der Waals surface area (Å²) in [7, 11) is 2.04. The van der Waals surface area contributed by atoms with Crippen LogP contribution in [0.5, 0.6) is 0 Å². The van der Waals surface area contributed by atoms with E-state index in [1.54, 1.807) is 0 Å². The van der Waals surface area contributed by atoms with Gasteiger partial charge in [-0.25, -0.2) is 0 Å². The molecule has 0 spiro atoms. The molecule has 1 atom stereocenters. The zero-order chi connectivity index (χ0) is 13.7. The molecule has 0 fully saturated rings. The van der Waals surface area contributed by atoms with E-state index < -0.39 is 0 Å². The Morgan fingerprint density at radius 3 is 2.74 bits per heavy atom. The SMILES string of the molecule is CNC(CCc1cccnc1)c1cc(C)ccc1C. The Balaban J connectivity index is 2.10. The second-order valence-corrected chi connectivity index (χ2v) is 5.10. The predicted octanol–water partition coefficient (Wildman–Crippen LogP) is 3.59. The molecule has 19 heavy (non-hydrogen) atoms. The maximum absolute atomic E-state index is 4.17. The molecule has 0 radical (unpaired) electrons. The van der Waals surface area contributed by atoms with E-state index in [9.17, 15) is 0 Å². The molecule has 2 nitrogen and oxygen atoms in total. The summed E-state index contributed by atoms with van der Waals surface area (Å²) < 4.78 is 0. The van der Waals surface area contributed by atoms with Gasteiger partial charge in [0, 0.05) is 18.4 Å². The van der Waals surface area contributed by atoms with E-state index in [4.69, 9.17) is 0 Å². The number of benzene rings is 1. The molecule has 0 saturated heterocycles. The van der Waals surface area contributed by atoms with Crippen LogP contribution >= 0.6 is 0 Å². The second-order valence-electron chi connectivity index (χ2n) is 5.10. The topological polar surface area (TPSA) is 24.9 Å². The van der Waals surface area contributed by atoms with Crippen molar-refractivity contribution in [1.29, 1.82) is 0 Å². The lowest BCUT2D eigenvalue weighted by Crippen LogP contribution is -2.18. The summed E-state index contributed by atoms with van der Waals surface area (Å²) >= 11 is 0. The summed E-state index contributed by atoms with van der Waals surface area (Å²) in [4.78, 5) is 4.17. The van der Waals surface area contributed by atoms with Gasteiger partial charge in [0.2, 0.25) is 0 Å². The molecule has 1 N–H and O–H groups in total. The van der Waals surface area contributed by atoms with Crippen molar-refractivity contribution in [1.82, 2.24) is 10.3 Å². The average Bonchev–Trinajstić information content (AvgIpc) is 2.44. The second kappa shape index (κ2) is 6.48. The van der Waals surface area contributed by atoms with Crippen molar-refractivity contribution < 1.29 is 0 Å². The van der Waals surface area contributed by atoms with E-state index in [1.165, 1.54) is 22.3 Å². The fourth-order valence-corrected chi connectivity index (χ4v) is 2.45. The van der Waals surface area contributed by atoms with Gasteiger partial charge in [-0.05, 0) is 56.5 Å². The molecule has 100 valence electrons. The Morgan fingerprint density at radius 1 is 1.21 bits per heavy atom. The monoisotopic (exact) mass is 254 g/mol. The standard InChI is InChI=1S/C17H22N2/c1-13-6-7-14(2)16(11-13)17(18-3)9-8-15-5-4-10-19-12-15/h4-7,10-12,17-18H,8-9H2,1-3H3. The maximum atomic E-state index is 4.17. The van der Waals surface area contributed by atoms with Crippen LogP contribution in [0.3, 0.4) is 0 Å². The van der Waals surface area contributed by atoms with Gasteiger partial charge in [0.25, 0.3) is 0 Å². The molecule has 0 aliphatic rings. The summed E-state index contributed by atoms with van der Waals surface area (Å²) in [6.07, 6.45) is 5.92. The van der Waals surface area contributed by atoms with Gasteiger partial charge >= 0.3 is 0 Å². The molecular weight excluding hydrogens is 232 g/mol. The lowest BCUT2D eigenvalue weighted by molar-refractivity contribution is 0.546. The molecular formula is C17H22N2. The first-order valence-electron chi connectivity index (χ1n) is 6.84. The molecule has 1 heterocycles. The van der Waals surface area contributed by atoms with Crippen molar-refractivity contribution >= 4 is 0 Å². The fraction of sp³-hybridized carbons (Fsp3) is 0.353. The van der Waals surface area contributed by atoms with Crippen LogP contribution in [0.1, 0.15) is 34.7 Å². The summed E-state index contributed by atoms with van der Waals surface area (Å²) in [5.74, 6) is 0. The molecule has 2 heteroatoms. The van der Waals surface area contributed by atoms with Gasteiger partial charge < -0.3 is 5.32 Å². The minimum atomic E-state index is 0.403. The van der Waals surface area contributed by atoms with Crippen molar-refractivity contribution in [2.75, 3.05) is 7.05 Å². The molecule has 0 amide bonds. The maximum Gasteiger partial charge on any atom is 0.0323 e. The van der Waals surface area contributed by atoms with E-state index >= 15 is 0 Å². The summed E-state index contributed by atoms with van der Waals surface area (Å²) in [5, 5.41) is 3.44. The molecule has 2 aromatic rings. The van der Waals surface area contributed by atoms with Crippen molar-refractivity contribution in [3.05, 3.63) is 65.0 Å². The van der Waals surface area contributed by atoms with Crippen molar-refractivity contribution in [2.24, 2.45) is 0 Å². The minimum absolute atomic E-state index is 0.403. The van der Waals surface area contributed by atoms with E-state index in [2.05, 4.69) is 48.4 Å². The molecule has 2 rings (SSSR count). The van der Waals surface area contributed by atoms with Gasteiger partial charge in [0.15, 0.2) is 0 Å². The lowest BCUT2D eigenvalue weighted by Gasteiger charge is -2.19. The van der Waals surface area contributed by atoms with Crippen LogP contribution in [0.4, 0.5) is 0 Å². The summed E-state index contributed by atoms with van der Waals surface area (Å²) in [6, 6.07) is 11.2. The van der Waals surface area contributed by atoms with Gasteiger partial charge in [-0.15, -0.1) is 0 Å². The van der Waals surface area contributed by atoms with E-state index in [0.717, 1.165) is 12.8 Å². The summed E-state index contributed by atoms with van der Waals surface area (Å²) in [5.41, 5.74) is 5.39. The highest BCUT2D eigenvalue weighted by Gasteiger charge is 2.12. The number of hydrogen-bond donors (Lipinski definition) is 1. The van der Waals surface area contributed by atoms with Gasteiger partial charge in [-0.3, -0.25) is 4.98 Å². The third-order valence-corrected chi connectivity index (χ3v) is 3.60. The number of nitrogens with one attached hydrogen (secondary N) is 1. The highest BCUT2D eigenvalue weighted by molar-refractivity contribution is 5.33. The number of hydrogen-bond acceptors (Lipinski definition) is 2. The first-order valence-corrected chi connectivity index (χ1v) is 6.84. The predicted molar refractivity (Wildman–Crippen MR) is 80.3 cm³/mol. The molecule has 0 aliphatic carbocycles. The van der Waals surface area contributed by atoms with Crippen LogP contribution < -0.4 is 5.32 Å². The normalized spacial score (nSPS) is 12.4. The Hall–Kier alpha value is -1.67. The van der Waals surface area contributed by atoms with Gasteiger partial charge in [0.05, 0.1) is 0 Å². The van der Waals surface area contributed by atoms with Crippen LogP contribution in [0.25, 0.3) is 0 Å². The van der Waals surface area contributed by atoms with E-state index in [-0.39, 0.29) is 0 Å². The number of nitrogens with zero attached hydrogens (tertiary/aromatic N) is 1. The Bertz CT molecular complexity index is 520. The summed E-state index contributed by atoms with van der Waals surface area (Å²) in [6.45, 7) is 4.33. The van der Waals surface area contributed by atoms with E-state index in [1.807, 2.05) is 25.5 Å². The quantitative estimate of drug-likeness (QED) is 0.882. The van der Waals surface area contributed by atoms with Crippen LogP contribution in [0.2, 0.25) is 0 Å². The molecule has 1 aromatic carbocycles. The highest BCUT2D eigenvalue weighted by Crippen LogP contribution is 2.23. The zero-order valence-corrected chi connectivity index (χ0v) is 12.0. The lowest BCUT2D eigenvalue weighted by atomic mass is 9.94. The van der Waals surface area contributed by atoms with Gasteiger partial charge in [0.1, 0.15) is 0 Å².